The van der Waals surface area contributed by atoms with E-state index in [-0.39, 0.29) is 17.0 Å². The number of halogens is 1. The number of nitrogens with zero attached hydrogens (tertiary/aromatic N) is 2. The Labute approximate surface area is 175 Å². The Bertz CT molecular complexity index is 1070. The molecule has 2 bridgehead atoms. The predicted octanol–water partition coefficient (Wildman–Crippen LogP) is 4.31. The van der Waals surface area contributed by atoms with Crippen LogP contribution >= 0.6 is 15.9 Å². The van der Waals surface area contributed by atoms with Crippen molar-refractivity contribution >= 4 is 57.3 Å². The third kappa shape index (κ3) is 2.89. The van der Waals surface area contributed by atoms with Crippen LogP contribution in [0.1, 0.15) is 50.4 Å². The van der Waals surface area contributed by atoms with Crippen LogP contribution in [0.5, 0.6) is 0 Å². The van der Waals surface area contributed by atoms with Crippen molar-refractivity contribution in [1.29, 1.82) is 0 Å². The molecule has 2 aliphatic rings. The van der Waals surface area contributed by atoms with Crippen molar-refractivity contribution in [2.24, 2.45) is 0 Å². The topological polar surface area (TPSA) is 78.4 Å². The second-order valence-corrected chi connectivity index (χ2v) is 23.5. The molecular formula is C20H21BrN2O4Sn. The first kappa shape index (κ1) is 19.8. The summed E-state index contributed by atoms with van der Waals surface area (Å²) >= 11 is 1.55. The molecule has 1 heterocycles. The van der Waals surface area contributed by atoms with Crippen LogP contribution in [0.2, 0.25) is 14.8 Å². The van der Waals surface area contributed by atoms with Gasteiger partial charge >= 0.3 is 176 Å². The van der Waals surface area contributed by atoms with Gasteiger partial charge in [0.25, 0.3) is 0 Å². The van der Waals surface area contributed by atoms with Gasteiger partial charge in [-0.1, -0.05) is 0 Å². The van der Waals surface area contributed by atoms with E-state index in [0.717, 1.165) is 17.8 Å². The molecule has 146 valence electrons. The minimum absolute atomic E-state index is 0.139. The molecule has 0 unspecified atom stereocenters. The van der Waals surface area contributed by atoms with Crippen LogP contribution in [0.15, 0.2) is 20.2 Å². The van der Waals surface area contributed by atoms with Crippen molar-refractivity contribution in [3.63, 3.8) is 0 Å². The number of carbonyl (C=O) groups excluding carboxylic acids is 2. The second kappa shape index (κ2) is 6.79. The number of ether oxygens (including phenoxy) is 2. The summed E-state index contributed by atoms with van der Waals surface area (Å²) in [6.07, 6.45) is 1.00. The van der Waals surface area contributed by atoms with Gasteiger partial charge in [-0.2, -0.15) is 0 Å². The van der Waals surface area contributed by atoms with Gasteiger partial charge in [0, 0.05) is 0 Å². The van der Waals surface area contributed by atoms with Crippen LogP contribution in [0.3, 0.4) is 0 Å². The molecule has 0 saturated heterocycles. The SMILES string of the molecule is COC(=O)c1cc2nc3c(nc2cc1C(=O)OC)[C@H]1C[C@@H]3[C]([Sn]([CH3])([CH3])[CH3])=C1Br. The molecule has 0 saturated carbocycles. The number of hydrogen-bond acceptors (Lipinski definition) is 6. The van der Waals surface area contributed by atoms with Crippen molar-refractivity contribution in [3.05, 3.63) is 42.7 Å². The van der Waals surface area contributed by atoms with E-state index in [2.05, 4.69) is 30.7 Å². The second-order valence-electron chi connectivity index (χ2n) is 8.22. The molecule has 2 aromatic rings. The van der Waals surface area contributed by atoms with E-state index >= 15 is 0 Å². The van der Waals surface area contributed by atoms with Crippen LogP contribution in [-0.2, 0) is 9.47 Å². The van der Waals surface area contributed by atoms with Gasteiger partial charge in [0.1, 0.15) is 0 Å². The standard InChI is InChI=1S/C17H12BrN2O4.3CH3.Sn/c1-23-16(21)8-5-12-13(6-9(8)17(22)24-2)20-15-10-3-7(4-11(10)18)14(15)19-12;;;;/h5-7,10H,3H2,1-2H3;3*1H3;/t7-,10+;;;;/m1..../s1. The number of carbonyl (C=O) groups is 2. The number of aromatic nitrogens is 2. The minimum atomic E-state index is -2.30. The number of benzene rings is 1. The molecule has 0 N–H and O–H groups in total. The summed E-state index contributed by atoms with van der Waals surface area (Å²) in [6.45, 7) is 0. The Morgan fingerprint density at radius 2 is 1.43 bits per heavy atom. The van der Waals surface area contributed by atoms with Crippen molar-refractivity contribution in [2.75, 3.05) is 14.2 Å². The van der Waals surface area contributed by atoms with Crippen molar-refractivity contribution in [2.45, 2.75) is 33.1 Å². The first-order valence-electron chi connectivity index (χ1n) is 9.09. The van der Waals surface area contributed by atoms with Crippen LogP contribution in [-0.4, -0.2) is 54.5 Å². The van der Waals surface area contributed by atoms with E-state index in [1.807, 2.05) is 0 Å². The van der Waals surface area contributed by atoms with Gasteiger partial charge < -0.3 is 0 Å². The van der Waals surface area contributed by atoms with E-state index in [4.69, 9.17) is 19.4 Å². The first-order chi connectivity index (χ1) is 13.2. The van der Waals surface area contributed by atoms with Crippen LogP contribution in [0, 0.1) is 0 Å². The van der Waals surface area contributed by atoms with E-state index < -0.39 is 30.3 Å². The zero-order valence-electron chi connectivity index (χ0n) is 16.4. The molecule has 0 amide bonds. The predicted molar refractivity (Wildman–Crippen MR) is 112 cm³/mol. The normalized spacial score (nSPS) is 20.5. The van der Waals surface area contributed by atoms with E-state index in [1.165, 1.54) is 18.7 Å². The van der Waals surface area contributed by atoms with Gasteiger partial charge in [-0.15, -0.1) is 0 Å². The number of methoxy groups -OCH3 is 2. The molecule has 28 heavy (non-hydrogen) atoms. The third-order valence-corrected chi connectivity index (χ3v) is 13.9. The summed E-state index contributed by atoms with van der Waals surface area (Å²) in [6, 6.07) is 3.17. The Morgan fingerprint density at radius 3 is 1.86 bits per heavy atom. The summed E-state index contributed by atoms with van der Waals surface area (Å²) in [5.74, 6) is -0.648. The van der Waals surface area contributed by atoms with Crippen molar-refractivity contribution in [3.8, 4) is 0 Å². The maximum atomic E-state index is 12.2. The Hall–Kier alpha value is -1.48. The molecule has 0 aliphatic heterocycles. The number of fused-ring (bicyclic) bond motifs is 6. The van der Waals surface area contributed by atoms with Gasteiger partial charge in [-0.05, 0) is 0 Å². The summed E-state index contributed by atoms with van der Waals surface area (Å²) < 4.78 is 12.5. The van der Waals surface area contributed by atoms with Crippen LogP contribution in [0.25, 0.3) is 11.0 Å². The number of esters is 2. The average Bonchev–Trinajstić information content (AvgIpc) is 3.18. The molecule has 2 atom stereocenters. The van der Waals surface area contributed by atoms with Crippen molar-refractivity contribution < 1.29 is 19.1 Å². The molecule has 4 rings (SSSR count). The number of allylic oxidation sites excluding steroid dienone is 2. The number of hydrogen-bond donors (Lipinski definition) is 0. The fourth-order valence-electron chi connectivity index (χ4n) is 4.37. The fourth-order valence-corrected chi connectivity index (χ4v) is 15.3. The van der Waals surface area contributed by atoms with Gasteiger partial charge in [-0.25, -0.2) is 0 Å². The molecule has 0 spiro atoms. The maximum absolute atomic E-state index is 12.2. The van der Waals surface area contributed by atoms with E-state index in [0.29, 0.717) is 17.0 Å². The summed E-state index contributed by atoms with van der Waals surface area (Å²) in [4.78, 5) is 41.4. The van der Waals surface area contributed by atoms with Gasteiger partial charge in [0.15, 0.2) is 0 Å². The number of rotatable bonds is 3. The molecule has 8 heteroatoms. The van der Waals surface area contributed by atoms with Gasteiger partial charge in [-0.3, -0.25) is 0 Å². The van der Waals surface area contributed by atoms with Crippen molar-refractivity contribution in [1.82, 2.24) is 9.97 Å². The van der Waals surface area contributed by atoms with Gasteiger partial charge in [0.05, 0.1) is 0 Å². The van der Waals surface area contributed by atoms with Crippen LogP contribution < -0.4 is 0 Å². The summed E-state index contributed by atoms with van der Waals surface area (Å²) in [7, 11) is 2.56. The van der Waals surface area contributed by atoms with Crippen LogP contribution in [0.4, 0.5) is 0 Å². The van der Waals surface area contributed by atoms with E-state index in [1.54, 1.807) is 15.7 Å². The molecule has 0 fully saturated rings. The Balaban J connectivity index is 1.92. The zero-order valence-corrected chi connectivity index (χ0v) is 20.9. The molecular weight excluding hydrogens is 531 g/mol. The summed E-state index contributed by atoms with van der Waals surface area (Å²) in [5.41, 5.74) is 3.46. The quantitative estimate of drug-likeness (QED) is 0.418. The first-order valence-corrected chi connectivity index (χ1v) is 19.9. The molecule has 1 aromatic carbocycles. The Morgan fingerprint density at radius 1 is 0.964 bits per heavy atom. The third-order valence-electron chi connectivity index (χ3n) is 5.52. The molecule has 0 radical (unpaired) electrons. The molecule has 6 nitrogen and oxygen atoms in total. The van der Waals surface area contributed by atoms with E-state index in [9.17, 15) is 9.59 Å². The zero-order chi connectivity index (χ0) is 20.4. The molecule has 1 aromatic heterocycles. The fraction of sp³-hybridized carbons (Fsp3) is 0.400. The molecule has 2 aliphatic carbocycles. The Kier molecular flexibility index (Phi) is 4.81. The average molecular weight is 552 g/mol. The van der Waals surface area contributed by atoms with Gasteiger partial charge in [0.2, 0.25) is 0 Å². The monoisotopic (exact) mass is 552 g/mol. The summed E-state index contributed by atoms with van der Waals surface area (Å²) in [5, 5.41) is 0.